The van der Waals surface area contributed by atoms with Gasteiger partial charge in [0, 0.05) is 18.8 Å². The topological polar surface area (TPSA) is 46.3 Å². The molecular formula is C15H22N2O. The predicted molar refractivity (Wildman–Crippen MR) is 74.2 cm³/mol. The third-order valence-electron chi connectivity index (χ3n) is 3.77. The van der Waals surface area contributed by atoms with E-state index < -0.39 is 0 Å². The summed E-state index contributed by atoms with van der Waals surface area (Å²) >= 11 is 0. The molecule has 1 aromatic rings. The van der Waals surface area contributed by atoms with E-state index in [4.69, 9.17) is 5.73 Å². The summed E-state index contributed by atoms with van der Waals surface area (Å²) in [4.78, 5) is 14.4. The molecule has 3 nitrogen and oxygen atoms in total. The summed E-state index contributed by atoms with van der Waals surface area (Å²) in [6, 6.07) is 7.62. The number of carbonyl (C=O) groups excluding carboxylic acids is 1. The summed E-state index contributed by atoms with van der Waals surface area (Å²) in [7, 11) is 0. The first-order valence-electron chi connectivity index (χ1n) is 6.53. The Bertz CT molecular complexity index is 454. The normalized spacial score (nSPS) is 19.8. The highest BCUT2D eigenvalue weighted by Crippen LogP contribution is 2.31. The average molecular weight is 246 g/mol. The lowest BCUT2D eigenvalue weighted by Gasteiger charge is -2.23. The number of carbonyl (C=O) groups is 1. The van der Waals surface area contributed by atoms with Gasteiger partial charge in [0.15, 0.2) is 0 Å². The van der Waals surface area contributed by atoms with E-state index in [0.29, 0.717) is 5.69 Å². The second kappa shape index (κ2) is 4.63. The molecular weight excluding hydrogens is 224 g/mol. The summed E-state index contributed by atoms with van der Waals surface area (Å²) in [6.07, 6.45) is 1.09. The van der Waals surface area contributed by atoms with Crippen molar-refractivity contribution in [1.82, 2.24) is 4.90 Å². The van der Waals surface area contributed by atoms with Crippen molar-refractivity contribution in [2.45, 2.75) is 33.1 Å². The fourth-order valence-electron chi connectivity index (χ4n) is 2.55. The molecule has 0 aliphatic carbocycles. The number of anilines is 1. The van der Waals surface area contributed by atoms with Crippen molar-refractivity contribution < 1.29 is 4.79 Å². The van der Waals surface area contributed by atoms with Gasteiger partial charge in [0.2, 0.25) is 5.91 Å². The Morgan fingerprint density at radius 3 is 2.72 bits per heavy atom. The number of likely N-dealkylation sites (tertiary alicyclic amines) is 1. The van der Waals surface area contributed by atoms with Crippen molar-refractivity contribution in [2.24, 2.45) is 5.41 Å². The maximum Gasteiger partial charge on any atom is 0.229 e. The van der Waals surface area contributed by atoms with Crippen molar-refractivity contribution in [1.29, 1.82) is 0 Å². The molecule has 0 aromatic heterocycles. The molecule has 18 heavy (non-hydrogen) atoms. The fourth-order valence-corrected chi connectivity index (χ4v) is 2.55. The molecule has 0 saturated carbocycles. The summed E-state index contributed by atoms with van der Waals surface area (Å²) in [5.74, 6) is 0.105. The minimum atomic E-state index is -0.109. The number of nitrogens with two attached hydrogens (primary N) is 1. The van der Waals surface area contributed by atoms with E-state index in [0.717, 1.165) is 25.1 Å². The van der Waals surface area contributed by atoms with Crippen LogP contribution in [0.25, 0.3) is 0 Å². The van der Waals surface area contributed by atoms with Crippen LogP contribution in [-0.2, 0) is 4.79 Å². The molecule has 1 amide bonds. The lowest BCUT2D eigenvalue weighted by Crippen LogP contribution is -2.33. The molecule has 1 unspecified atom stereocenters. The van der Waals surface area contributed by atoms with Gasteiger partial charge in [-0.2, -0.15) is 0 Å². The Balaban J connectivity index is 2.10. The molecule has 3 heteroatoms. The summed E-state index contributed by atoms with van der Waals surface area (Å²) in [5, 5.41) is 0. The van der Waals surface area contributed by atoms with Crippen LogP contribution >= 0.6 is 0 Å². The lowest BCUT2D eigenvalue weighted by molar-refractivity contribution is -0.131. The van der Waals surface area contributed by atoms with Gasteiger partial charge in [0.05, 0.1) is 5.92 Å². The Morgan fingerprint density at radius 2 is 2.17 bits per heavy atom. The van der Waals surface area contributed by atoms with Crippen LogP contribution in [0.2, 0.25) is 0 Å². The Kier molecular flexibility index (Phi) is 3.33. The molecule has 1 fully saturated rings. The van der Waals surface area contributed by atoms with Crippen LogP contribution in [0, 0.1) is 5.41 Å². The van der Waals surface area contributed by atoms with Gasteiger partial charge in [0.25, 0.3) is 0 Å². The van der Waals surface area contributed by atoms with Gasteiger partial charge in [-0.25, -0.2) is 0 Å². The minimum Gasteiger partial charge on any atom is -0.399 e. The summed E-state index contributed by atoms with van der Waals surface area (Å²) < 4.78 is 0. The van der Waals surface area contributed by atoms with Crippen molar-refractivity contribution >= 4 is 11.6 Å². The molecule has 1 atom stereocenters. The average Bonchev–Trinajstić information content (AvgIpc) is 2.68. The molecule has 2 rings (SSSR count). The molecule has 1 aromatic carbocycles. The van der Waals surface area contributed by atoms with Crippen LogP contribution in [0.4, 0.5) is 5.69 Å². The number of nitrogens with zero attached hydrogens (tertiary/aromatic N) is 1. The van der Waals surface area contributed by atoms with Crippen LogP contribution in [0.3, 0.4) is 0 Å². The lowest BCUT2D eigenvalue weighted by atomic mass is 9.93. The third-order valence-corrected chi connectivity index (χ3v) is 3.77. The fraction of sp³-hybridized carbons (Fsp3) is 0.533. The van der Waals surface area contributed by atoms with E-state index in [1.165, 1.54) is 0 Å². The quantitative estimate of drug-likeness (QED) is 0.815. The van der Waals surface area contributed by atoms with Crippen LogP contribution in [0.1, 0.15) is 38.7 Å². The monoisotopic (exact) mass is 246 g/mol. The number of hydrogen-bond acceptors (Lipinski definition) is 2. The van der Waals surface area contributed by atoms with Crippen molar-refractivity contribution in [3.05, 3.63) is 29.8 Å². The first kappa shape index (κ1) is 12.9. The van der Waals surface area contributed by atoms with Crippen molar-refractivity contribution in [3.63, 3.8) is 0 Å². The standard InChI is InChI=1S/C15H22N2O/c1-11(12-5-4-6-13(16)9-12)14(18)17-8-7-15(2,3)10-17/h4-6,9,11H,7-8,10,16H2,1-3H3. The molecule has 1 aliphatic rings. The number of benzene rings is 1. The van der Waals surface area contributed by atoms with E-state index in [1.54, 1.807) is 0 Å². The van der Waals surface area contributed by atoms with Crippen LogP contribution in [0.15, 0.2) is 24.3 Å². The van der Waals surface area contributed by atoms with Gasteiger partial charge < -0.3 is 10.6 Å². The van der Waals surface area contributed by atoms with Gasteiger partial charge in [-0.1, -0.05) is 26.0 Å². The van der Waals surface area contributed by atoms with Crippen LogP contribution < -0.4 is 5.73 Å². The number of rotatable bonds is 2. The molecule has 0 bridgehead atoms. The van der Waals surface area contributed by atoms with E-state index >= 15 is 0 Å². The first-order valence-corrected chi connectivity index (χ1v) is 6.53. The number of hydrogen-bond donors (Lipinski definition) is 1. The SMILES string of the molecule is CC(C(=O)N1CCC(C)(C)C1)c1cccc(N)c1. The van der Waals surface area contributed by atoms with E-state index in [-0.39, 0.29) is 17.2 Å². The number of nitrogen functional groups attached to an aromatic ring is 1. The van der Waals surface area contributed by atoms with Gasteiger partial charge >= 0.3 is 0 Å². The highest BCUT2D eigenvalue weighted by Gasteiger charge is 2.33. The molecule has 2 N–H and O–H groups in total. The van der Waals surface area contributed by atoms with Gasteiger partial charge in [-0.05, 0) is 36.5 Å². The van der Waals surface area contributed by atoms with Crippen LogP contribution in [-0.4, -0.2) is 23.9 Å². The van der Waals surface area contributed by atoms with E-state index in [9.17, 15) is 4.79 Å². The smallest absolute Gasteiger partial charge is 0.229 e. The zero-order valence-electron chi connectivity index (χ0n) is 11.4. The zero-order valence-corrected chi connectivity index (χ0v) is 11.4. The summed E-state index contributed by atoms with van der Waals surface area (Å²) in [5.41, 5.74) is 7.74. The van der Waals surface area contributed by atoms with Crippen molar-refractivity contribution in [3.8, 4) is 0 Å². The Labute approximate surface area is 109 Å². The first-order chi connectivity index (χ1) is 8.39. The zero-order chi connectivity index (χ0) is 13.3. The third kappa shape index (κ3) is 2.66. The molecule has 0 spiro atoms. The van der Waals surface area contributed by atoms with Gasteiger partial charge in [-0.15, -0.1) is 0 Å². The van der Waals surface area contributed by atoms with E-state index in [1.807, 2.05) is 36.1 Å². The molecule has 1 aliphatic heterocycles. The van der Waals surface area contributed by atoms with Gasteiger partial charge in [0.1, 0.15) is 0 Å². The second-order valence-corrected chi connectivity index (χ2v) is 6.07. The van der Waals surface area contributed by atoms with E-state index in [2.05, 4.69) is 13.8 Å². The highest BCUT2D eigenvalue weighted by molar-refractivity contribution is 5.84. The van der Waals surface area contributed by atoms with Gasteiger partial charge in [-0.3, -0.25) is 4.79 Å². The molecule has 0 radical (unpaired) electrons. The minimum absolute atomic E-state index is 0.109. The largest absolute Gasteiger partial charge is 0.399 e. The highest BCUT2D eigenvalue weighted by atomic mass is 16.2. The maximum absolute atomic E-state index is 12.4. The molecule has 98 valence electrons. The molecule has 1 heterocycles. The van der Waals surface area contributed by atoms with Crippen molar-refractivity contribution in [2.75, 3.05) is 18.8 Å². The summed E-state index contributed by atoms with van der Waals surface area (Å²) in [6.45, 7) is 8.12. The predicted octanol–water partition coefficient (Wildman–Crippen LogP) is 2.63. The number of amides is 1. The maximum atomic E-state index is 12.4. The Morgan fingerprint density at radius 1 is 1.44 bits per heavy atom. The molecule has 1 saturated heterocycles. The van der Waals surface area contributed by atoms with Crippen LogP contribution in [0.5, 0.6) is 0 Å². The Hall–Kier alpha value is -1.51. The second-order valence-electron chi connectivity index (χ2n) is 6.07.